The Hall–Kier alpha value is -0.593. The molecule has 0 spiro atoms. The molecule has 0 aromatic rings. The Morgan fingerprint density at radius 2 is 1.86 bits per heavy atom. The second-order valence-corrected chi connectivity index (χ2v) is 6.65. The first-order valence-electron chi connectivity index (χ1n) is 4.50. The number of alkyl carbamates (subject to hydrolysis) is 1. The SMILES string of the molecule is COC(=O)NCCC[Si](C)(OC)OC. The molecule has 5 nitrogen and oxygen atoms in total. The van der Waals surface area contributed by atoms with Crippen molar-refractivity contribution in [2.24, 2.45) is 0 Å². The van der Waals surface area contributed by atoms with Crippen molar-refractivity contribution in [3.8, 4) is 0 Å². The van der Waals surface area contributed by atoms with Gasteiger partial charge >= 0.3 is 14.7 Å². The van der Waals surface area contributed by atoms with Gasteiger partial charge in [0.25, 0.3) is 0 Å². The average Bonchev–Trinajstić information content (AvgIpc) is 2.23. The van der Waals surface area contributed by atoms with Crippen molar-refractivity contribution in [2.45, 2.75) is 19.0 Å². The molecule has 0 aromatic carbocycles. The van der Waals surface area contributed by atoms with Gasteiger partial charge in [0.05, 0.1) is 7.11 Å². The van der Waals surface area contributed by atoms with Gasteiger partial charge in [-0.25, -0.2) is 4.79 Å². The number of amides is 1. The molecule has 14 heavy (non-hydrogen) atoms. The highest BCUT2D eigenvalue weighted by Gasteiger charge is 2.27. The summed E-state index contributed by atoms with van der Waals surface area (Å²) in [5.41, 5.74) is 0. The van der Waals surface area contributed by atoms with Crippen LogP contribution >= 0.6 is 0 Å². The molecule has 6 heteroatoms. The molecule has 1 amide bonds. The van der Waals surface area contributed by atoms with Crippen molar-refractivity contribution in [1.82, 2.24) is 5.32 Å². The lowest BCUT2D eigenvalue weighted by molar-refractivity contribution is 0.171. The molecule has 84 valence electrons. The second kappa shape index (κ2) is 6.80. The van der Waals surface area contributed by atoms with E-state index in [4.69, 9.17) is 8.85 Å². The van der Waals surface area contributed by atoms with E-state index in [9.17, 15) is 4.79 Å². The summed E-state index contributed by atoms with van der Waals surface area (Å²) in [7, 11) is 2.69. The monoisotopic (exact) mass is 221 g/mol. The third-order valence-corrected chi connectivity index (χ3v) is 5.11. The lowest BCUT2D eigenvalue weighted by Crippen LogP contribution is -2.37. The lowest BCUT2D eigenvalue weighted by atomic mass is 10.5. The van der Waals surface area contributed by atoms with Gasteiger partial charge in [-0.15, -0.1) is 0 Å². The van der Waals surface area contributed by atoms with Crippen molar-refractivity contribution in [1.29, 1.82) is 0 Å². The van der Waals surface area contributed by atoms with E-state index in [1.54, 1.807) is 14.2 Å². The highest BCUT2D eigenvalue weighted by Crippen LogP contribution is 2.12. The standard InChI is InChI=1S/C8H19NO4Si/c1-11-8(10)9-6-5-7-14(4,12-2)13-3/h5-7H2,1-4H3,(H,9,10). The van der Waals surface area contributed by atoms with Crippen LogP contribution < -0.4 is 5.32 Å². The molecule has 0 fully saturated rings. The van der Waals surface area contributed by atoms with Crippen molar-refractivity contribution >= 4 is 14.7 Å². The second-order valence-electron chi connectivity index (χ2n) is 3.06. The summed E-state index contributed by atoms with van der Waals surface area (Å²) < 4.78 is 15.0. The maximum atomic E-state index is 10.7. The Balaban J connectivity index is 3.57. The summed E-state index contributed by atoms with van der Waals surface area (Å²) in [5, 5.41) is 2.60. The fourth-order valence-corrected chi connectivity index (χ4v) is 2.35. The zero-order chi connectivity index (χ0) is 11.0. The maximum absolute atomic E-state index is 10.7. The number of hydrogen-bond acceptors (Lipinski definition) is 4. The fourth-order valence-electron chi connectivity index (χ4n) is 0.960. The summed E-state index contributed by atoms with van der Waals surface area (Å²) >= 11 is 0. The van der Waals surface area contributed by atoms with Crippen LogP contribution in [0.2, 0.25) is 12.6 Å². The Labute approximate surface area is 86.0 Å². The van der Waals surface area contributed by atoms with E-state index >= 15 is 0 Å². The van der Waals surface area contributed by atoms with E-state index < -0.39 is 14.7 Å². The molecule has 1 N–H and O–H groups in total. The molecule has 0 rings (SSSR count). The summed E-state index contributed by atoms with van der Waals surface area (Å²) in [4.78, 5) is 10.7. The van der Waals surface area contributed by atoms with Gasteiger partial charge in [0.1, 0.15) is 0 Å². The van der Waals surface area contributed by atoms with Crippen LogP contribution in [0.15, 0.2) is 0 Å². The smallest absolute Gasteiger partial charge is 0.406 e. The Bertz CT molecular complexity index is 173. The highest BCUT2D eigenvalue weighted by atomic mass is 28.4. The molecular weight excluding hydrogens is 202 g/mol. The summed E-state index contributed by atoms with van der Waals surface area (Å²) in [6.07, 6.45) is 0.433. The molecule has 0 aliphatic carbocycles. The summed E-state index contributed by atoms with van der Waals surface area (Å²) in [5.74, 6) is 0. The van der Waals surface area contributed by atoms with Crippen LogP contribution in [0, 0.1) is 0 Å². The topological polar surface area (TPSA) is 56.8 Å². The molecule has 0 unspecified atom stereocenters. The van der Waals surface area contributed by atoms with Crippen molar-refractivity contribution in [3.05, 3.63) is 0 Å². The number of carbonyl (C=O) groups is 1. The molecule has 0 radical (unpaired) electrons. The van der Waals surface area contributed by atoms with Crippen LogP contribution in [0.1, 0.15) is 6.42 Å². The van der Waals surface area contributed by atoms with E-state index in [1.165, 1.54) is 7.11 Å². The van der Waals surface area contributed by atoms with Gasteiger partial charge in [0.15, 0.2) is 0 Å². The van der Waals surface area contributed by atoms with Crippen molar-refractivity contribution in [2.75, 3.05) is 27.9 Å². The van der Waals surface area contributed by atoms with E-state index in [0.717, 1.165) is 12.5 Å². The van der Waals surface area contributed by atoms with Crippen LogP contribution in [0.4, 0.5) is 4.79 Å². The lowest BCUT2D eigenvalue weighted by Gasteiger charge is -2.22. The summed E-state index contributed by atoms with van der Waals surface area (Å²) in [6, 6.07) is 0.851. The van der Waals surface area contributed by atoms with Gasteiger partial charge in [0.2, 0.25) is 0 Å². The molecular formula is C8H19NO4Si. The molecule has 0 bridgehead atoms. The zero-order valence-electron chi connectivity index (χ0n) is 9.25. The number of ether oxygens (including phenoxy) is 1. The van der Waals surface area contributed by atoms with Gasteiger partial charge in [-0.2, -0.15) is 0 Å². The minimum absolute atomic E-state index is 0.400. The first-order chi connectivity index (χ1) is 6.58. The van der Waals surface area contributed by atoms with Gasteiger partial charge < -0.3 is 18.9 Å². The predicted molar refractivity (Wildman–Crippen MR) is 55.5 cm³/mol. The number of rotatable bonds is 6. The van der Waals surface area contributed by atoms with Gasteiger partial charge in [-0.3, -0.25) is 0 Å². The normalized spacial score (nSPS) is 11.1. The number of hydrogen-bond donors (Lipinski definition) is 1. The van der Waals surface area contributed by atoms with E-state index in [2.05, 4.69) is 10.1 Å². The van der Waals surface area contributed by atoms with Crippen molar-refractivity contribution < 1.29 is 18.4 Å². The fraction of sp³-hybridized carbons (Fsp3) is 0.875. The Morgan fingerprint density at radius 3 is 2.29 bits per heavy atom. The quantitative estimate of drug-likeness (QED) is 0.539. The Morgan fingerprint density at radius 1 is 1.29 bits per heavy atom. The van der Waals surface area contributed by atoms with Crippen LogP contribution in [0.25, 0.3) is 0 Å². The highest BCUT2D eigenvalue weighted by molar-refractivity contribution is 6.65. The predicted octanol–water partition coefficient (Wildman–Crippen LogP) is 1.10. The first kappa shape index (κ1) is 13.4. The molecule has 0 atom stereocenters. The first-order valence-corrected chi connectivity index (χ1v) is 7.02. The largest absolute Gasteiger partial charge is 0.453 e. The van der Waals surface area contributed by atoms with Gasteiger partial charge in [0, 0.05) is 20.8 Å². The molecule has 0 saturated heterocycles. The zero-order valence-corrected chi connectivity index (χ0v) is 10.3. The molecule has 0 aromatic heterocycles. The molecule has 0 aliphatic rings. The van der Waals surface area contributed by atoms with Crippen LogP contribution in [0.5, 0.6) is 0 Å². The van der Waals surface area contributed by atoms with Gasteiger partial charge in [-0.05, 0) is 19.0 Å². The number of methoxy groups -OCH3 is 1. The third kappa shape index (κ3) is 5.20. The Kier molecular flexibility index (Phi) is 6.51. The molecule has 0 aliphatic heterocycles. The average molecular weight is 221 g/mol. The molecule has 0 heterocycles. The number of nitrogens with one attached hydrogen (secondary N) is 1. The van der Waals surface area contributed by atoms with E-state index in [-0.39, 0.29) is 0 Å². The van der Waals surface area contributed by atoms with Crippen LogP contribution in [0.3, 0.4) is 0 Å². The van der Waals surface area contributed by atoms with Crippen LogP contribution in [-0.4, -0.2) is 42.5 Å². The van der Waals surface area contributed by atoms with Crippen LogP contribution in [-0.2, 0) is 13.6 Å². The minimum atomic E-state index is -1.97. The summed E-state index contributed by atoms with van der Waals surface area (Å²) in [6.45, 7) is 2.58. The van der Waals surface area contributed by atoms with Crippen molar-refractivity contribution in [3.63, 3.8) is 0 Å². The third-order valence-electron chi connectivity index (χ3n) is 2.13. The van der Waals surface area contributed by atoms with Gasteiger partial charge in [-0.1, -0.05) is 0 Å². The maximum Gasteiger partial charge on any atom is 0.406 e. The minimum Gasteiger partial charge on any atom is -0.453 e. The van der Waals surface area contributed by atoms with E-state index in [1.807, 2.05) is 6.55 Å². The van der Waals surface area contributed by atoms with E-state index in [0.29, 0.717) is 6.54 Å². The number of carbonyl (C=O) groups excluding carboxylic acids is 1. The molecule has 0 saturated carbocycles.